The second-order valence-electron chi connectivity index (χ2n) is 5.33. The van der Waals surface area contributed by atoms with Crippen LogP contribution < -0.4 is 10.1 Å². The van der Waals surface area contributed by atoms with Crippen molar-refractivity contribution in [2.75, 3.05) is 12.5 Å². The van der Waals surface area contributed by atoms with E-state index < -0.39 is 0 Å². The molecule has 0 aliphatic carbocycles. The highest BCUT2D eigenvalue weighted by Crippen LogP contribution is 2.27. The zero-order valence-corrected chi connectivity index (χ0v) is 12.1. The predicted molar refractivity (Wildman–Crippen MR) is 76.6 cm³/mol. The molecule has 0 aromatic heterocycles. The third-order valence-corrected chi connectivity index (χ3v) is 3.88. The third kappa shape index (κ3) is 3.41. The Hall–Kier alpha value is -1.22. The minimum absolute atomic E-state index is 0.0198. The van der Waals surface area contributed by atoms with Gasteiger partial charge in [-0.3, -0.25) is 4.79 Å². The lowest BCUT2D eigenvalue weighted by atomic mass is 9.95. The van der Waals surface area contributed by atoms with Gasteiger partial charge in [-0.2, -0.15) is 0 Å². The normalized spacial score (nSPS) is 19.5. The van der Waals surface area contributed by atoms with Crippen LogP contribution in [0.1, 0.15) is 19.4 Å². The predicted octanol–water partition coefficient (Wildman–Crippen LogP) is 2.62. The maximum Gasteiger partial charge on any atom is 0.227 e. The Morgan fingerprint density at radius 1 is 1.47 bits per heavy atom. The van der Waals surface area contributed by atoms with E-state index in [1.807, 2.05) is 24.3 Å². The molecule has 0 bridgehead atoms. The number of rotatable bonds is 4. The standard InChI is InChI=1S/C15H20ClNO2/c1-10(2)13(8-16)17-15(18)12-7-11-5-3-4-6-14(11)19-9-12/h3-6,10,12-13H,7-9H2,1-2H3,(H,17,18). The van der Waals surface area contributed by atoms with Crippen molar-refractivity contribution in [3.05, 3.63) is 29.8 Å². The van der Waals surface area contributed by atoms with Crippen LogP contribution in [0.4, 0.5) is 0 Å². The summed E-state index contributed by atoms with van der Waals surface area (Å²) in [7, 11) is 0. The van der Waals surface area contributed by atoms with Crippen molar-refractivity contribution in [3.8, 4) is 5.75 Å². The Bertz CT molecular complexity index is 448. The van der Waals surface area contributed by atoms with Crippen LogP contribution >= 0.6 is 11.6 Å². The fourth-order valence-electron chi connectivity index (χ4n) is 2.18. The van der Waals surface area contributed by atoms with Crippen molar-refractivity contribution in [2.45, 2.75) is 26.3 Å². The fourth-order valence-corrected chi connectivity index (χ4v) is 2.61. The second kappa shape index (κ2) is 6.29. The van der Waals surface area contributed by atoms with Crippen molar-refractivity contribution in [2.24, 2.45) is 11.8 Å². The van der Waals surface area contributed by atoms with Gasteiger partial charge >= 0.3 is 0 Å². The Morgan fingerprint density at radius 2 is 2.21 bits per heavy atom. The highest BCUT2D eigenvalue weighted by molar-refractivity contribution is 6.18. The van der Waals surface area contributed by atoms with Crippen LogP contribution in [-0.4, -0.2) is 24.4 Å². The molecule has 4 heteroatoms. The average molecular weight is 282 g/mol. The first kappa shape index (κ1) is 14.2. The summed E-state index contributed by atoms with van der Waals surface area (Å²) in [6.45, 7) is 4.55. The summed E-state index contributed by atoms with van der Waals surface area (Å²) in [5, 5.41) is 3.02. The highest BCUT2D eigenvalue weighted by atomic mass is 35.5. The zero-order chi connectivity index (χ0) is 13.8. The van der Waals surface area contributed by atoms with Gasteiger partial charge in [0.1, 0.15) is 12.4 Å². The summed E-state index contributed by atoms with van der Waals surface area (Å²) in [6, 6.07) is 7.89. The number of para-hydroxylation sites is 1. The highest BCUT2D eigenvalue weighted by Gasteiger charge is 2.27. The molecule has 1 N–H and O–H groups in total. The van der Waals surface area contributed by atoms with Gasteiger partial charge in [-0.1, -0.05) is 32.0 Å². The van der Waals surface area contributed by atoms with Crippen LogP contribution in [0.15, 0.2) is 24.3 Å². The molecule has 0 fully saturated rings. The van der Waals surface area contributed by atoms with Gasteiger partial charge in [-0.25, -0.2) is 0 Å². The first-order valence-electron chi connectivity index (χ1n) is 6.69. The van der Waals surface area contributed by atoms with E-state index in [-0.39, 0.29) is 17.9 Å². The number of halogens is 1. The van der Waals surface area contributed by atoms with E-state index in [9.17, 15) is 4.79 Å². The Labute approximate surface area is 119 Å². The molecule has 2 rings (SSSR count). The van der Waals surface area contributed by atoms with Crippen molar-refractivity contribution in [1.29, 1.82) is 0 Å². The lowest BCUT2D eigenvalue weighted by Crippen LogP contribution is -2.45. The fraction of sp³-hybridized carbons (Fsp3) is 0.533. The Morgan fingerprint density at radius 3 is 2.89 bits per heavy atom. The lowest BCUT2D eigenvalue weighted by molar-refractivity contribution is -0.127. The molecule has 1 aliphatic heterocycles. The van der Waals surface area contributed by atoms with Crippen LogP contribution in [0.5, 0.6) is 5.75 Å². The monoisotopic (exact) mass is 281 g/mol. The number of benzene rings is 1. The summed E-state index contributed by atoms with van der Waals surface area (Å²) in [5.74, 6) is 1.57. The molecule has 1 aromatic rings. The third-order valence-electron chi connectivity index (χ3n) is 3.55. The van der Waals surface area contributed by atoms with Gasteiger partial charge in [-0.15, -0.1) is 11.6 Å². The molecule has 19 heavy (non-hydrogen) atoms. The molecule has 0 radical (unpaired) electrons. The maximum absolute atomic E-state index is 12.2. The molecule has 0 saturated heterocycles. The number of fused-ring (bicyclic) bond motifs is 1. The van der Waals surface area contributed by atoms with Crippen LogP contribution in [0, 0.1) is 11.8 Å². The molecule has 2 atom stereocenters. The van der Waals surface area contributed by atoms with E-state index >= 15 is 0 Å². The van der Waals surface area contributed by atoms with Gasteiger partial charge in [0, 0.05) is 11.9 Å². The summed E-state index contributed by atoms with van der Waals surface area (Å²) in [5.41, 5.74) is 1.10. The number of carbonyl (C=O) groups excluding carboxylic acids is 1. The van der Waals surface area contributed by atoms with E-state index in [0.717, 1.165) is 17.7 Å². The van der Waals surface area contributed by atoms with E-state index in [0.29, 0.717) is 18.4 Å². The molecule has 1 aliphatic rings. The van der Waals surface area contributed by atoms with Gasteiger partial charge in [0.05, 0.1) is 5.92 Å². The molecule has 104 valence electrons. The quantitative estimate of drug-likeness (QED) is 0.862. The number of ether oxygens (including phenoxy) is 1. The summed E-state index contributed by atoms with van der Waals surface area (Å²) < 4.78 is 5.64. The molecular weight excluding hydrogens is 262 g/mol. The van der Waals surface area contributed by atoms with Crippen LogP contribution in [0.25, 0.3) is 0 Å². The van der Waals surface area contributed by atoms with Crippen molar-refractivity contribution in [1.82, 2.24) is 5.32 Å². The molecule has 0 spiro atoms. The van der Waals surface area contributed by atoms with Gasteiger partial charge in [-0.05, 0) is 24.0 Å². The molecule has 2 unspecified atom stereocenters. The van der Waals surface area contributed by atoms with E-state index in [4.69, 9.17) is 16.3 Å². The van der Waals surface area contributed by atoms with E-state index in [1.165, 1.54) is 0 Å². The zero-order valence-electron chi connectivity index (χ0n) is 11.4. The van der Waals surface area contributed by atoms with Gasteiger partial charge in [0.25, 0.3) is 0 Å². The molecule has 1 amide bonds. The SMILES string of the molecule is CC(C)C(CCl)NC(=O)C1COc2ccccc2C1. The lowest BCUT2D eigenvalue weighted by Gasteiger charge is -2.27. The number of carbonyl (C=O) groups is 1. The first-order valence-corrected chi connectivity index (χ1v) is 7.22. The van der Waals surface area contributed by atoms with Gasteiger partial charge in [0.15, 0.2) is 0 Å². The van der Waals surface area contributed by atoms with Crippen molar-refractivity contribution < 1.29 is 9.53 Å². The minimum Gasteiger partial charge on any atom is -0.492 e. The number of amides is 1. The maximum atomic E-state index is 12.2. The number of alkyl halides is 1. The second-order valence-corrected chi connectivity index (χ2v) is 5.64. The largest absolute Gasteiger partial charge is 0.492 e. The molecule has 1 heterocycles. The van der Waals surface area contributed by atoms with E-state index in [1.54, 1.807) is 0 Å². The Kier molecular flexibility index (Phi) is 4.70. The van der Waals surface area contributed by atoms with Crippen molar-refractivity contribution >= 4 is 17.5 Å². The topological polar surface area (TPSA) is 38.3 Å². The number of hydrogen-bond donors (Lipinski definition) is 1. The Balaban J connectivity index is 1.99. The summed E-state index contributed by atoms with van der Waals surface area (Å²) in [4.78, 5) is 12.2. The first-order chi connectivity index (χ1) is 9.11. The van der Waals surface area contributed by atoms with Gasteiger partial charge in [0.2, 0.25) is 5.91 Å². The van der Waals surface area contributed by atoms with Gasteiger partial charge < -0.3 is 10.1 Å². The molecule has 3 nitrogen and oxygen atoms in total. The average Bonchev–Trinajstić information content (AvgIpc) is 2.43. The summed E-state index contributed by atoms with van der Waals surface area (Å²) in [6.07, 6.45) is 0.731. The number of nitrogens with one attached hydrogen (secondary N) is 1. The smallest absolute Gasteiger partial charge is 0.227 e. The van der Waals surface area contributed by atoms with E-state index in [2.05, 4.69) is 19.2 Å². The van der Waals surface area contributed by atoms with Crippen LogP contribution in [-0.2, 0) is 11.2 Å². The molecular formula is C15H20ClNO2. The molecule has 0 saturated carbocycles. The summed E-state index contributed by atoms with van der Waals surface area (Å²) >= 11 is 5.88. The number of hydrogen-bond acceptors (Lipinski definition) is 2. The minimum atomic E-state index is -0.126. The van der Waals surface area contributed by atoms with Crippen molar-refractivity contribution in [3.63, 3.8) is 0 Å². The van der Waals surface area contributed by atoms with Crippen LogP contribution in [0.2, 0.25) is 0 Å². The molecule has 1 aromatic carbocycles. The van der Waals surface area contributed by atoms with Crippen LogP contribution in [0.3, 0.4) is 0 Å².